The van der Waals surface area contributed by atoms with Crippen molar-refractivity contribution in [2.24, 2.45) is 0 Å². The Morgan fingerprint density at radius 2 is 1.74 bits per heavy atom. The Labute approximate surface area is 112 Å². The van der Waals surface area contributed by atoms with E-state index in [4.69, 9.17) is 0 Å². The molecule has 1 aromatic carbocycles. The van der Waals surface area contributed by atoms with Gasteiger partial charge < -0.3 is 0 Å². The van der Waals surface area contributed by atoms with Crippen LogP contribution in [0.15, 0.2) is 41.3 Å². The molecule has 5 nitrogen and oxygen atoms in total. The topological polar surface area (TPSA) is 80.3 Å². The van der Waals surface area contributed by atoms with Crippen LogP contribution in [0.2, 0.25) is 0 Å². The summed E-state index contributed by atoms with van der Waals surface area (Å²) in [6.07, 6.45) is 1.11. The zero-order chi connectivity index (χ0) is 14.6. The van der Waals surface area contributed by atoms with E-state index in [0.29, 0.717) is 5.56 Å². The zero-order valence-electron chi connectivity index (χ0n) is 10.8. The van der Waals surface area contributed by atoms with Gasteiger partial charge in [-0.1, -0.05) is 18.7 Å². The van der Waals surface area contributed by atoms with Crippen LogP contribution in [-0.4, -0.2) is 26.5 Å². The number of hydrogen-bond acceptors (Lipinski definition) is 4. The SMILES string of the molecule is C=C(C)C(=O)NC(=O)Cc1ccc(S(C)(=O)=O)cc1. The second-order valence-corrected chi connectivity index (χ2v) is 6.27. The van der Waals surface area contributed by atoms with E-state index in [-0.39, 0.29) is 16.9 Å². The van der Waals surface area contributed by atoms with Crippen LogP contribution >= 0.6 is 0 Å². The maximum Gasteiger partial charge on any atom is 0.252 e. The molecule has 0 saturated heterocycles. The number of benzene rings is 1. The van der Waals surface area contributed by atoms with Gasteiger partial charge in [0.25, 0.3) is 5.91 Å². The van der Waals surface area contributed by atoms with Crippen molar-refractivity contribution < 1.29 is 18.0 Å². The summed E-state index contributed by atoms with van der Waals surface area (Å²) in [7, 11) is -3.24. The molecule has 2 amide bonds. The summed E-state index contributed by atoms with van der Waals surface area (Å²) >= 11 is 0. The summed E-state index contributed by atoms with van der Waals surface area (Å²) in [6, 6.07) is 5.94. The van der Waals surface area contributed by atoms with E-state index < -0.39 is 21.7 Å². The van der Waals surface area contributed by atoms with Crippen molar-refractivity contribution in [2.75, 3.05) is 6.26 Å². The smallest absolute Gasteiger partial charge is 0.252 e. The first-order valence-corrected chi connectivity index (χ1v) is 7.38. The number of hydrogen-bond donors (Lipinski definition) is 1. The molecule has 0 saturated carbocycles. The summed E-state index contributed by atoms with van der Waals surface area (Å²) in [6.45, 7) is 4.93. The summed E-state index contributed by atoms with van der Waals surface area (Å²) in [5, 5.41) is 2.18. The highest BCUT2D eigenvalue weighted by molar-refractivity contribution is 7.90. The monoisotopic (exact) mass is 281 g/mol. The number of imide groups is 1. The Bertz CT molecular complexity index is 615. The third-order valence-electron chi connectivity index (χ3n) is 2.36. The molecule has 1 N–H and O–H groups in total. The van der Waals surface area contributed by atoms with Crippen molar-refractivity contribution in [3.63, 3.8) is 0 Å². The van der Waals surface area contributed by atoms with Gasteiger partial charge in [-0.3, -0.25) is 14.9 Å². The third-order valence-corrected chi connectivity index (χ3v) is 3.49. The molecule has 102 valence electrons. The number of carbonyl (C=O) groups excluding carboxylic acids is 2. The normalized spacial score (nSPS) is 10.8. The second kappa shape index (κ2) is 5.79. The largest absolute Gasteiger partial charge is 0.292 e. The fourth-order valence-electron chi connectivity index (χ4n) is 1.32. The minimum atomic E-state index is -3.24. The van der Waals surface area contributed by atoms with Crippen LogP contribution in [-0.2, 0) is 25.8 Å². The molecule has 0 atom stereocenters. The summed E-state index contributed by atoms with van der Waals surface area (Å²) < 4.78 is 22.5. The van der Waals surface area contributed by atoms with Gasteiger partial charge in [0.1, 0.15) is 0 Å². The minimum absolute atomic E-state index is 0.00304. The van der Waals surface area contributed by atoms with Crippen LogP contribution in [0.1, 0.15) is 12.5 Å². The summed E-state index contributed by atoms with van der Waals surface area (Å²) in [5.41, 5.74) is 0.875. The molecule has 0 bridgehead atoms. The molecule has 6 heteroatoms. The zero-order valence-corrected chi connectivity index (χ0v) is 11.6. The maximum atomic E-state index is 11.5. The second-order valence-electron chi connectivity index (χ2n) is 4.25. The van der Waals surface area contributed by atoms with Crippen LogP contribution < -0.4 is 5.32 Å². The highest BCUT2D eigenvalue weighted by Gasteiger charge is 2.10. The Kier molecular flexibility index (Phi) is 4.61. The van der Waals surface area contributed by atoms with Crippen molar-refractivity contribution in [3.05, 3.63) is 42.0 Å². The van der Waals surface area contributed by atoms with Crippen LogP contribution in [0.4, 0.5) is 0 Å². The Balaban J connectivity index is 2.71. The highest BCUT2D eigenvalue weighted by atomic mass is 32.2. The van der Waals surface area contributed by atoms with Crippen molar-refractivity contribution >= 4 is 21.7 Å². The van der Waals surface area contributed by atoms with E-state index in [9.17, 15) is 18.0 Å². The van der Waals surface area contributed by atoms with Crippen LogP contribution in [0.3, 0.4) is 0 Å². The number of carbonyl (C=O) groups is 2. The summed E-state index contributed by atoms with van der Waals surface area (Å²) in [4.78, 5) is 22.9. The number of sulfone groups is 1. The lowest BCUT2D eigenvalue weighted by Gasteiger charge is -2.04. The van der Waals surface area contributed by atoms with E-state index in [1.165, 1.54) is 19.1 Å². The van der Waals surface area contributed by atoms with Gasteiger partial charge in [-0.05, 0) is 24.6 Å². The van der Waals surface area contributed by atoms with Gasteiger partial charge in [0, 0.05) is 11.8 Å². The Hall–Kier alpha value is -1.95. The third kappa shape index (κ3) is 4.67. The van der Waals surface area contributed by atoms with E-state index in [1.54, 1.807) is 12.1 Å². The predicted molar refractivity (Wildman–Crippen MR) is 71.2 cm³/mol. The Morgan fingerprint density at radius 3 is 2.16 bits per heavy atom. The van der Waals surface area contributed by atoms with Gasteiger partial charge in [0.05, 0.1) is 11.3 Å². The van der Waals surface area contributed by atoms with Gasteiger partial charge in [-0.25, -0.2) is 8.42 Å². The van der Waals surface area contributed by atoms with Gasteiger partial charge in [0.2, 0.25) is 5.91 Å². The predicted octanol–water partition coefficient (Wildman–Crippen LogP) is 0.851. The van der Waals surface area contributed by atoms with Crippen molar-refractivity contribution in [1.82, 2.24) is 5.32 Å². The van der Waals surface area contributed by atoms with Crippen molar-refractivity contribution in [1.29, 1.82) is 0 Å². The van der Waals surface area contributed by atoms with Crippen LogP contribution in [0.5, 0.6) is 0 Å². The molecule has 0 aliphatic heterocycles. The molecule has 1 aromatic rings. The highest BCUT2D eigenvalue weighted by Crippen LogP contribution is 2.10. The molecule has 0 spiro atoms. The lowest BCUT2D eigenvalue weighted by molar-refractivity contribution is -0.128. The molecular weight excluding hydrogens is 266 g/mol. The number of rotatable bonds is 4. The van der Waals surface area contributed by atoms with E-state index in [1.807, 2.05) is 0 Å². The first-order valence-electron chi connectivity index (χ1n) is 5.49. The molecule has 0 heterocycles. The lowest BCUT2D eigenvalue weighted by Crippen LogP contribution is -2.31. The first-order chi connectivity index (χ1) is 8.70. The quantitative estimate of drug-likeness (QED) is 0.830. The average molecular weight is 281 g/mol. The summed E-state index contributed by atoms with van der Waals surface area (Å²) in [5.74, 6) is -0.974. The van der Waals surface area contributed by atoms with Gasteiger partial charge in [-0.2, -0.15) is 0 Å². The Morgan fingerprint density at radius 1 is 1.21 bits per heavy atom. The van der Waals surface area contributed by atoms with Crippen LogP contribution in [0, 0.1) is 0 Å². The molecule has 1 rings (SSSR count). The van der Waals surface area contributed by atoms with E-state index >= 15 is 0 Å². The van der Waals surface area contributed by atoms with E-state index in [2.05, 4.69) is 11.9 Å². The molecule has 19 heavy (non-hydrogen) atoms. The molecule has 0 aliphatic carbocycles. The van der Waals surface area contributed by atoms with E-state index in [0.717, 1.165) is 6.26 Å². The standard InChI is InChI=1S/C13H15NO4S/c1-9(2)13(16)14-12(15)8-10-4-6-11(7-5-10)19(3,17)18/h4-7H,1,8H2,2-3H3,(H,14,15,16). The fourth-order valence-corrected chi connectivity index (χ4v) is 1.95. The molecule has 0 aromatic heterocycles. The first kappa shape index (κ1) is 15.1. The maximum absolute atomic E-state index is 11.5. The molecular formula is C13H15NO4S. The molecule has 0 fully saturated rings. The minimum Gasteiger partial charge on any atom is -0.292 e. The van der Waals surface area contributed by atoms with Gasteiger partial charge in [0.15, 0.2) is 9.84 Å². The average Bonchev–Trinajstić information content (AvgIpc) is 2.28. The number of amides is 2. The van der Waals surface area contributed by atoms with Gasteiger partial charge in [-0.15, -0.1) is 0 Å². The lowest BCUT2D eigenvalue weighted by atomic mass is 10.1. The molecule has 0 aliphatic rings. The fraction of sp³-hybridized carbons (Fsp3) is 0.231. The van der Waals surface area contributed by atoms with Gasteiger partial charge >= 0.3 is 0 Å². The number of nitrogens with one attached hydrogen (secondary N) is 1. The van der Waals surface area contributed by atoms with Crippen molar-refractivity contribution in [3.8, 4) is 0 Å². The molecule has 0 unspecified atom stereocenters. The van der Waals surface area contributed by atoms with Crippen molar-refractivity contribution in [2.45, 2.75) is 18.2 Å². The molecule has 0 radical (unpaired) electrons. The van der Waals surface area contributed by atoms with Crippen LogP contribution in [0.25, 0.3) is 0 Å².